The maximum atomic E-state index is 2.25. The zero-order valence-corrected chi connectivity index (χ0v) is 27.9. The fraction of sp³-hybridized carbons (Fsp3) is 0. The van der Waals surface area contributed by atoms with Crippen molar-refractivity contribution in [3.63, 3.8) is 0 Å². The van der Waals surface area contributed by atoms with Crippen LogP contribution >= 0.6 is 0 Å². The maximum Gasteiger partial charge on any atom is -0.0771 e. The van der Waals surface area contributed by atoms with Gasteiger partial charge in [-0.1, -0.05) is 72.8 Å². The van der Waals surface area contributed by atoms with Gasteiger partial charge < -0.3 is 24.8 Å². The Morgan fingerprint density at radius 1 is 0.333 bits per heavy atom. The molecule has 0 heterocycles. The molecule has 0 atom stereocenters. The summed E-state index contributed by atoms with van der Waals surface area (Å²) >= 11 is 1.64. The van der Waals surface area contributed by atoms with Crippen molar-refractivity contribution >= 4 is 58.9 Å². The second-order valence-corrected chi connectivity index (χ2v) is 15.3. The van der Waals surface area contributed by atoms with Gasteiger partial charge in [-0.2, -0.15) is 0 Å². The average molecular weight is 675 g/mol. The maximum absolute atomic E-state index is 2.25. The van der Waals surface area contributed by atoms with E-state index >= 15 is 0 Å². The van der Waals surface area contributed by atoms with Gasteiger partial charge in [0, 0.05) is 0 Å². The number of hydrogen-bond acceptors (Lipinski definition) is 0. The molecule has 0 aliphatic rings. The number of benzene rings is 6. The predicted molar refractivity (Wildman–Crippen MR) is 172 cm³/mol. The van der Waals surface area contributed by atoms with E-state index in [4.69, 9.17) is 0 Å². The molecule has 0 amide bonds. The van der Waals surface area contributed by atoms with Crippen LogP contribution in [0.4, 0.5) is 0 Å². The standard InChI is InChI=1S/2C13H9.C12H10Si.2ClH.Zr/c2*1-3-7-12-10(5-1)9-11-6-2-4-8-13(11)12;1-3-7-11(8-4-1)13-12-9-5-2-6-10-12;;;/h2*1-9H;1-10H;2*1H;/q2*-1;;;;+2/p-2. The minimum Gasteiger partial charge on any atom is -0.126 e. The molecule has 0 radical (unpaired) electrons. The van der Waals surface area contributed by atoms with E-state index in [1.54, 1.807) is 23.3 Å². The summed E-state index contributed by atoms with van der Waals surface area (Å²) in [5.74, 6) is 0. The summed E-state index contributed by atoms with van der Waals surface area (Å²) in [7, 11) is 0. The normalized spacial score (nSPS) is 10.1. The van der Waals surface area contributed by atoms with Gasteiger partial charge in [0.15, 0.2) is 0 Å². The topological polar surface area (TPSA) is 0 Å². The Morgan fingerprint density at radius 3 is 0.857 bits per heavy atom. The van der Waals surface area contributed by atoms with E-state index in [2.05, 4.69) is 170 Å². The minimum atomic E-state index is -0.455. The van der Waals surface area contributed by atoms with Gasteiger partial charge in [0.05, 0.1) is 0 Å². The second kappa shape index (κ2) is 15.3. The van der Waals surface area contributed by atoms with Crippen LogP contribution in [0.25, 0.3) is 43.1 Å². The van der Waals surface area contributed by atoms with Crippen LogP contribution in [0.3, 0.4) is 0 Å². The molecular formula is C38H28Cl2SiZr-2. The van der Waals surface area contributed by atoms with Crippen LogP contribution in [-0.4, -0.2) is 5.43 Å². The summed E-state index contributed by atoms with van der Waals surface area (Å²) in [5.41, 5.74) is -0.455. The molecule has 204 valence electrons. The zero-order valence-electron chi connectivity index (χ0n) is 22.9. The predicted octanol–water partition coefficient (Wildman–Crippen LogP) is 2.77. The van der Waals surface area contributed by atoms with E-state index in [1.807, 2.05) is 0 Å². The van der Waals surface area contributed by atoms with Gasteiger partial charge in [0.25, 0.3) is 0 Å². The van der Waals surface area contributed by atoms with Crippen LogP contribution in [0, 0.1) is 0 Å². The van der Waals surface area contributed by atoms with Crippen molar-refractivity contribution < 1.29 is 48.1 Å². The van der Waals surface area contributed by atoms with E-state index in [0.29, 0.717) is 0 Å². The Balaban J connectivity index is 0.000000141. The molecule has 42 heavy (non-hydrogen) atoms. The largest absolute Gasteiger partial charge is 0.126 e. The summed E-state index contributed by atoms with van der Waals surface area (Å²) in [6.07, 6.45) is 0. The number of fused-ring (bicyclic) bond motifs is 6. The minimum absolute atomic E-state index is 0. The third kappa shape index (κ3) is 7.20. The summed E-state index contributed by atoms with van der Waals surface area (Å²) in [6.45, 7) is 0. The molecular weight excluding hydrogens is 647 g/mol. The fourth-order valence-corrected chi connectivity index (χ4v) is 9.03. The van der Waals surface area contributed by atoms with Gasteiger partial charge in [-0.3, -0.25) is 0 Å². The monoisotopic (exact) mass is 672 g/mol. The molecule has 0 unspecified atom stereocenters. The molecule has 0 N–H and O–H groups in total. The first-order valence-electron chi connectivity index (χ1n) is 13.5. The molecule has 0 bridgehead atoms. The SMILES string of the molecule is [Cl-].[Cl-].[Zr+2]=[Si](c1ccccc1)c1ccccc1.c1ccc2c(c1)[cH-]c1ccccc12.c1ccc2c(c1)[cH-]c1ccccc12. The number of rotatable bonds is 2. The summed E-state index contributed by atoms with van der Waals surface area (Å²) in [6, 6.07) is 60.2. The van der Waals surface area contributed by atoms with E-state index in [-0.39, 0.29) is 24.8 Å². The molecule has 0 aromatic heterocycles. The second-order valence-electron chi connectivity index (χ2n) is 9.74. The van der Waals surface area contributed by atoms with Gasteiger partial charge in [0.2, 0.25) is 0 Å². The van der Waals surface area contributed by atoms with Crippen molar-refractivity contribution in [2.75, 3.05) is 0 Å². The first kappa shape index (κ1) is 31.7. The van der Waals surface area contributed by atoms with E-state index < -0.39 is 5.43 Å². The smallest absolute Gasteiger partial charge is 0.0771 e. The van der Waals surface area contributed by atoms with Crippen molar-refractivity contribution in [1.29, 1.82) is 0 Å². The molecule has 4 heteroatoms. The van der Waals surface area contributed by atoms with Gasteiger partial charge in [-0.15, -0.1) is 79.5 Å². The summed E-state index contributed by atoms with van der Waals surface area (Å²) in [5, 5.41) is 13.8. The molecule has 0 saturated carbocycles. The molecule has 0 nitrogen and oxygen atoms in total. The third-order valence-electron chi connectivity index (χ3n) is 7.17. The van der Waals surface area contributed by atoms with Crippen LogP contribution < -0.4 is 35.2 Å². The van der Waals surface area contributed by atoms with Gasteiger partial charge >= 0.3 is 99.8 Å². The quantitative estimate of drug-likeness (QED) is 0.196. The van der Waals surface area contributed by atoms with Gasteiger partial charge in [0.1, 0.15) is 0 Å². The van der Waals surface area contributed by atoms with Crippen LogP contribution in [0.2, 0.25) is 0 Å². The number of hydrogen-bond donors (Lipinski definition) is 0. The van der Waals surface area contributed by atoms with Crippen LogP contribution in [0.15, 0.2) is 170 Å². The Bertz CT molecular complexity index is 1780. The molecule has 0 aliphatic carbocycles. The first-order valence-corrected chi connectivity index (χ1v) is 18.7. The summed E-state index contributed by atoms with van der Waals surface area (Å²) < 4.78 is 0. The average Bonchev–Trinajstić information content (AvgIpc) is 3.61. The van der Waals surface area contributed by atoms with Crippen molar-refractivity contribution in [1.82, 2.24) is 0 Å². The Morgan fingerprint density at radius 2 is 0.571 bits per heavy atom. The zero-order chi connectivity index (χ0) is 27.1. The molecule has 8 rings (SSSR count). The Hall–Kier alpha value is -3.26. The molecule has 0 spiro atoms. The van der Waals surface area contributed by atoms with Crippen molar-refractivity contribution in [3.05, 3.63) is 170 Å². The molecule has 0 saturated heterocycles. The molecule has 8 aromatic carbocycles. The van der Waals surface area contributed by atoms with Crippen molar-refractivity contribution in [2.24, 2.45) is 0 Å². The van der Waals surface area contributed by atoms with Crippen molar-refractivity contribution in [3.8, 4) is 0 Å². The molecule has 0 aliphatic heterocycles. The fourth-order valence-electron chi connectivity index (χ4n) is 5.18. The molecule has 0 fully saturated rings. The summed E-state index contributed by atoms with van der Waals surface area (Å²) in [4.78, 5) is 0. The Kier molecular flexibility index (Phi) is 11.5. The van der Waals surface area contributed by atoms with Gasteiger partial charge in [-0.25, -0.2) is 0 Å². The van der Waals surface area contributed by atoms with Gasteiger partial charge in [-0.05, 0) is 0 Å². The number of halogens is 2. The molecule has 8 aromatic rings. The van der Waals surface area contributed by atoms with Crippen LogP contribution in [0.1, 0.15) is 0 Å². The van der Waals surface area contributed by atoms with E-state index in [0.717, 1.165) is 0 Å². The van der Waals surface area contributed by atoms with E-state index in [9.17, 15) is 0 Å². The van der Waals surface area contributed by atoms with E-state index in [1.165, 1.54) is 53.5 Å². The van der Waals surface area contributed by atoms with Crippen LogP contribution in [0.5, 0.6) is 0 Å². The third-order valence-corrected chi connectivity index (χ3v) is 13.2. The Labute approximate surface area is 274 Å². The first-order chi connectivity index (χ1) is 19.8. The van der Waals surface area contributed by atoms with Crippen LogP contribution in [-0.2, 0) is 23.3 Å². The van der Waals surface area contributed by atoms with Crippen molar-refractivity contribution in [2.45, 2.75) is 0 Å².